The van der Waals surface area contributed by atoms with Crippen molar-refractivity contribution in [3.8, 4) is 0 Å². The van der Waals surface area contributed by atoms with Gasteiger partial charge in [0.25, 0.3) is 10.2 Å². The molecule has 1 aliphatic heterocycles. The van der Waals surface area contributed by atoms with Gasteiger partial charge in [0.1, 0.15) is 0 Å². The zero-order valence-corrected chi connectivity index (χ0v) is 10.00. The Labute approximate surface area is 97.3 Å². The molecule has 1 fully saturated rings. The number of nitrogens with zero attached hydrogens (tertiary/aromatic N) is 2. The topological polar surface area (TPSA) is 117 Å². The van der Waals surface area contributed by atoms with Gasteiger partial charge in [-0.2, -0.15) is 0 Å². The SMILES string of the molecule is CC1(C)NC(C)(C)C(O[N+](=O)[O-])C1O[N+](=O)[O-]. The van der Waals surface area contributed by atoms with Crippen LogP contribution in [0.3, 0.4) is 0 Å². The van der Waals surface area contributed by atoms with Crippen molar-refractivity contribution in [1.29, 1.82) is 0 Å². The fraction of sp³-hybridized carbons (Fsp3) is 1.00. The molecule has 0 amide bonds. The normalized spacial score (nSPS) is 29.6. The Bertz CT molecular complexity index is 310. The van der Waals surface area contributed by atoms with E-state index in [0.29, 0.717) is 0 Å². The van der Waals surface area contributed by atoms with Crippen LogP contribution in [-0.4, -0.2) is 33.5 Å². The second kappa shape index (κ2) is 3.99. The lowest BCUT2D eigenvalue weighted by molar-refractivity contribution is -0.799. The van der Waals surface area contributed by atoms with Crippen molar-refractivity contribution in [1.82, 2.24) is 5.32 Å². The minimum atomic E-state index is -1.06. The van der Waals surface area contributed by atoms with Gasteiger partial charge in [-0.3, -0.25) is 0 Å². The van der Waals surface area contributed by atoms with Gasteiger partial charge >= 0.3 is 0 Å². The first-order valence-electron chi connectivity index (χ1n) is 4.98. The van der Waals surface area contributed by atoms with Gasteiger partial charge in [0.05, 0.1) is 0 Å². The van der Waals surface area contributed by atoms with Crippen LogP contribution in [-0.2, 0) is 9.68 Å². The van der Waals surface area contributed by atoms with E-state index < -0.39 is 33.5 Å². The van der Waals surface area contributed by atoms with Gasteiger partial charge in [-0.05, 0) is 27.7 Å². The lowest BCUT2D eigenvalue weighted by atomic mass is 9.94. The molecule has 98 valence electrons. The van der Waals surface area contributed by atoms with Crippen LogP contribution in [0.5, 0.6) is 0 Å². The lowest BCUT2D eigenvalue weighted by Gasteiger charge is -2.26. The Kier molecular flexibility index (Phi) is 3.15. The smallest absolute Gasteiger partial charge is 0.294 e. The Morgan fingerprint density at radius 2 is 1.24 bits per heavy atom. The highest BCUT2D eigenvalue weighted by Gasteiger charge is 2.56. The largest absolute Gasteiger partial charge is 0.306 e. The first kappa shape index (κ1) is 13.4. The molecule has 2 atom stereocenters. The molecule has 0 aliphatic carbocycles. The quantitative estimate of drug-likeness (QED) is 0.562. The number of rotatable bonds is 4. The highest BCUT2D eigenvalue weighted by atomic mass is 17.0. The van der Waals surface area contributed by atoms with Crippen LogP contribution in [0.2, 0.25) is 0 Å². The maximum atomic E-state index is 10.4. The molecular formula is C8H15N3O6. The molecule has 0 aromatic rings. The zero-order chi connectivity index (χ0) is 13.4. The van der Waals surface area contributed by atoms with Gasteiger partial charge in [-0.1, -0.05) is 0 Å². The molecular weight excluding hydrogens is 234 g/mol. The molecule has 0 aromatic carbocycles. The Hall–Kier alpha value is -1.64. The van der Waals surface area contributed by atoms with Crippen LogP contribution in [0, 0.1) is 20.2 Å². The van der Waals surface area contributed by atoms with Crippen molar-refractivity contribution in [2.45, 2.75) is 51.0 Å². The average molecular weight is 249 g/mol. The van der Waals surface area contributed by atoms with E-state index in [1.165, 1.54) is 0 Å². The molecule has 17 heavy (non-hydrogen) atoms. The summed E-state index contributed by atoms with van der Waals surface area (Å²) in [6, 6.07) is 0. The van der Waals surface area contributed by atoms with E-state index in [1.54, 1.807) is 27.7 Å². The van der Waals surface area contributed by atoms with Crippen molar-refractivity contribution < 1.29 is 19.8 Å². The summed E-state index contributed by atoms with van der Waals surface area (Å²) in [5, 5.41) is 21.9. The number of hydrogen-bond donors (Lipinski definition) is 1. The fourth-order valence-corrected chi connectivity index (χ4v) is 2.29. The average Bonchev–Trinajstić information content (AvgIpc) is 2.21. The maximum Gasteiger partial charge on any atom is 0.294 e. The molecule has 2 unspecified atom stereocenters. The summed E-state index contributed by atoms with van der Waals surface area (Å²) in [5.74, 6) is 0. The van der Waals surface area contributed by atoms with E-state index in [9.17, 15) is 20.2 Å². The first-order valence-corrected chi connectivity index (χ1v) is 4.98. The van der Waals surface area contributed by atoms with E-state index in [1.807, 2.05) is 0 Å². The second-order valence-corrected chi connectivity index (χ2v) is 5.07. The molecule has 1 saturated heterocycles. The molecule has 1 rings (SSSR count). The zero-order valence-electron chi connectivity index (χ0n) is 10.00. The minimum absolute atomic E-state index is 0.808. The third-order valence-corrected chi connectivity index (χ3v) is 2.74. The van der Waals surface area contributed by atoms with Gasteiger partial charge in [0, 0.05) is 11.1 Å². The van der Waals surface area contributed by atoms with Crippen molar-refractivity contribution in [2.75, 3.05) is 0 Å². The second-order valence-electron chi connectivity index (χ2n) is 5.07. The predicted octanol–water partition coefficient (Wildman–Crippen LogP) is 0.301. The molecule has 0 saturated carbocycles. The lowest BCUT2D eigenvalue weighted by Crippen LogP contribution is -2.47. The summed E-state index contributed by atoms with van der Waals surface area (Å²) in [5.41, 5.74) is -1.62. The Balaban J connectivity index is 3.00. The third kappa shape index (κ3) is 2.73. The maximum absolute atomic E-state index is 10.4. The van der Waals surface area contributed by atoms with E-state index in [2.05, 4.69) is 15.0 Å². The van der Waals surface area contributed by atoms with Crippen LogP contribution < -0.4 is 5.32 Å². The van der Waals surface area contributed by atoms with Crippen LogP contribution >= 0.6 is 0 Å². The summed E-state index contributed by atoms with van der Waals surface area (Å²) in [7, 11) is 0. The molecule has 9 nitrogen and oxygen atoms in total. The first-order chi connectivity index (χ1) is 7.56. The Morgan fingerprint density at radius 3 is 1.47 bits per heavy atom. The summed E-state index contributed by atoms with van der Waals surface area (Å²) in [6.07, 6.45) is -2.12. The molecule has 0 aromatic heterocycles. The van der Waals surface area contributed by atoms with Gasteiger partial charge in [-0.15, -0.1) is 20.2 Å². The van der Waals surface area contributed by atoms with Crippen molar-refractivity contribution in [2.24, 2.45) is 0 Å². The highest BCUT2D eigenvalue weighted by molar-refractivity contribution is 5.10. The molecule has 1 heterocycles. The van der Waals surface area contributed by atoms with Crippen molar-refractivity contribution in [3.05, 3.63) is 20.2 Å². The van der Waals surface area contributed by atoms with Gasteiger partial charge in [-0.25, -0.2) is 0 Å². The summed E-state index contributed by atoms with van der Waals surface area (Å²) in [6.45, 7) is 6.64. The monoisotopic (exact) mass is 249 g/mol. The van der Waals surface area contributed by atoms with E-state index in [-0.39, 0.29) is 0 Å². The van der Waals surface area contributed by atoms with Gasteiger partial charge < -0.3 is 15.0 Å². The predicted molar refractivity (Wildman–Crippen MR) is 55.0 cm³/mol. The van der Waals surface area contributed by atoms with Crippen LogP contribution in [0.1, 0.15) is 27.7 Å². The van der Waals surface area contributed by atoms with Crippen molar-refractivity contribution in [3.63, 3.8) is 0 Å². The summed E-state index contributed by atoms with van der Waals surface area (Å²) in [4.78, 5) is 29.8. The molecule has 0 radical (unpaired) electrons. The van der Waals surface area contributed by atoms with Crippen LogP contribution in [0.15, 0.2) is 0 Å². The van der Waals surface area contributed by atoms with E-state index in [4.69, 9.17) is 0 Å². The molecule has 9 heteroatoms. The Morgan fingerprint density at radius 1 is 0.941 bits per heavy atom. The molecule has 1 N–H and O–H groups in total. The summed E-state index contributed by atoms with van der Waals surface area (Å²) < 4.78 is 0. The molecule has 0 bridgehead atoms. The third-order valence-electron chi connectivity index (χ3n) is 2.74. The fourth-order valence-electron chi connectivity index (χ4n) is 2.29. The van der Waals surface area contributed by atoms with Crippen molar-refractivity contribution >= 4 is 0 Å². The number of nitrogens with one attached hydrogen (secondary N) is 1. The molecule has 1 aliphatic rings. The van der Waals surface area contributed by atoms with Gasteiger partial charge in [0.2, 0.25) is 0 Å². The minimum Gasteiger partial charge on any atom is -0.306 e. The van der Waals surface area contributed by atoms with Crippen LogP contribution in [0.25, 0.3) is 0 Å². The standard InChI is InChI=1S/C8H15N3O6/c1-7(2)5(16-10(12)13)6(17-11(14)15)8(3,4)9-7/h5-6,9H,1-4H3. The van der Waals surface area contributed by atoms with E-state index in [0.717, 1.165) is 0 Å². The van der Waals surface area contributed by atoms with Crippen LogP contribution in [0.4, 0.5) is 0 Å². The van der Waals surface area contributed by atoms with Gasteiger partial charge in [0.15, 0.2) is 12.2 Å². The summed E-state index contributed by atoms with van der Waals surface area (Å²) >= 11 is 0. The highest BCUT2D eigenvalue weighted by Crippen LogP contribution is 2.35. The van der Waals surface area contributed by atoms with E-state index >= 15 is 0 Å². The molecule has 0 spiro atoms. The number of hydrogen-bond acceptors (Lipinski definition) is 7.